The highest BCUT2D eigenvalue weighted by atomic mass is 79.9. The van der Waals surface area contributed by atoms with E-state index in [0.29, 0.717) is 6.61 Å². The van der Waals surface area contributed by atoms with Crippen LogP contribution in [0.2, 0.25) is 0 Å². The molecule has 2 aliphatic heterocycles. The van der Waals surface area contributed by atoms with Gasteiger partial charge in [-0.1, -0.05) is 30.3 Å². The fourth-order valence-corrected chi connectivity index (χ4v) is 4.69. The minimum absolute atomic E-state index is 0.0698. The number of fused-ring (bicyclic) bond motifs is 2. The minimum Gasteiger partial charge on any atom is -0.488 e. The number of ether oxygens (including phenoxy) is 2. The lowest BCUT2D eigenvalue weighted by Gasteiger charge is -2.41. The van der Waals surface area contributed by atoms with Gasteiger partial charge in [-0.05, 0) is 41.3 Å². The zero-order valence-corrected chi connectivity index (χ0v) is 15.6. The maximum Gasteiger partial charge on any atom is 0.140 e. The van der Waals surface area contributed by atoms with Crippen LogP contribution in [0.4, 0.5) is 0 Å². The van der Waals surface area contributed by atoms with E-state index in [2.05, 4.69) is 45.6 Å². The van der Waals surface area contributed by atoms with Crippen molar-refractivity contribution in [2.75, 3.05) is 6.61 Å². The van der Waals surface area contributed by atoms with Crippen molar-refractivity contribution in [1.29, 1.82) is 0 Å². The molecule has 0 spiro atoms. The Morgan fingerprint density at radius 3 is 2.76 bits per heavy atom. The highest BCUT2D eigenvalue weighted by Gasteiger charge is 2.61. The van der Waals surface area contributed by atoms with Crippen LogP contribution in [-0.2, 0) is 16.8 Å². The molecule has 0 amide bonds. The Balaban J connectivity index is 1.43. The number of nitrogens with zero attached hydrogens (tertiary/aromatic N) is 2. The van der Waals surface area contributed by atoms with Gasteiger partial charge in [0.2, 0.25) is 0 Å². The summed E-state index contributed by atoms with van der Waals surface area (Å²) in [6, 6.07) is 12.2. The van der Waals surface area contributed by atoms with Crippen molar-refractivity contribution in [3.63, 3.8) is 0 Å². The molecule has 128 valence electrons. The number of aromatic nitrogens is 2. The first kappa shape index (κ1) is 15.4. The zero-order valence-electron chi connectivity index (χ0n) is 14.0. The number of imidazole rings is 1. The summed E-state index contributed by atoms with van der Waals surface area (Å²) in [5.74, 6) is 0.812. The smallest absolute Gasteiger partial charge is 0.140 e. The minimum atomic E-state index is 0.0698. The summed E-state index contributed by atoms with van der Waals surface area (Å²) in [6.45, 7) is 3.52. The molecule has 3 aromatic rings. The van der Waals surface area contributed by atoms with Crippen LogP contribution in [-0.4, -0.2) is 21.6 Å². The second kappa shape index (κ2) is 5.32. The molecule has 4 nitrogen and oxygen atoms in total. The summed E-state index contributed by atoms with van der Waals surface area (Å²) in [6.07, 6.45) is 6.30. The molecule has 1 aliphatic carbocycles. The third kappa shape index (κ3) is 2.49. The van der Waals surface area contributed by atoms with E-state index in [0.717, 1.165) is 46.6 Å². The molecule has 0 N–H and O–H groups in total. The molecule has 3 aliphatic rings. The Hall–Kier alpha value is -1.85. The topological polar surface area (TPSA) is 35.8 Å². The van der Waals surface area contributed by atoms with E-state index in [1.54, 1.807) is 0 Å². The van der Waals surface area contributed by atoms with Crippen LogP contribution < -0.4 is 4.74 Å². The molecular weight excluding hydrogens is 380 g/mol. The van der Waals surface area contributed by atoms with Crippen molar-refractivity contribution in [2.45, 2.75) is 37.4 Å². The molecule has 1 saturated carbocycles. The zero-order chi connectivity index (χ0) is 17.1. The van der Waals surface area contributed by atoms with Crippen molar-refractivity contribution in [1.82, 2.24) is 9.38 Å². The normalized spacial score (nSPS) is 27.4. The fourth-order valence-electron chi connectivity index (χ4n) is 4.24. The summed E-state index contributed by atoms with van der Waals surface area (Å²) < 4.78 is 14.9. The summed E-state index contributed by atoms with van der Waals surface area (Å²) >= 11 is 3.62. The Morgan fingerprint density at radius 1 is 1.24 bits per heavy atom. The van der Waals surface area contributed by atoms with Gasteiger partial charge < -0.3 is 13.9 Å². The van der Waals surface area contributed by atoms with Gasteiger partial charge in [0.1, 0.15) is 18.0 Å². The highest BCUT2D eigenvalue weighted by Crippen LogP contribution is 2.58. The predicted octanol–water partition coefficient (Wildman–Crippen LogP) is 4.50. The van der Waals surface area contributed by atoms with Crippen LogP contribution in [0, 0.1) is 0 Å². The number of pyridine rings is 1. The highest BCUT2D eigenvalue weighted by molar-refractivity contribution is 9.10. The second-order valence-electron chi connectivity index (χ2n) is 7.52. The molecule has 1 aromatic carbocycles. The van der Waals surface area contributed by atoms with Crippen molar-refractivity contribution in [3.8, 4) is 5.75 Å². The summed E-state index contributed by atoms with van der Waals surface area (Å²) in [4.78, 5) is 4.87. The van der Waals surface area contributed by atoms with E-state index < -0.39 is 0 Å². The van der Waals surface area contributed by atoms with E-state index in [4.69, 9.17) is 14.5 Å². The molecule has 4 heterocycles. The number of hydrogen-bond acceptors (Lipinski definition) is 3. The Morgan fingerprint density at radius 2 is 2.04 bits per heavy atom. The molecular formula is C20H19BrN2O2. The molecule has 2 saturated heterocycles. The molecule has 0 unspecified atom stereocenters. The predicted molar refractivity (Wildman–Crippen MR) is 98.9 cm³/mol. The quantitative estimate of drug-likeness (QED) is 0.648. The van der Waals surface area contributed by atoms with Crippen LogP contribution in [0.3, 0.4) is 0 Å². The summed E-state index contributed by atoms with van der Waals surface area (Å²) in [5, 5.41) is 0. The molecule has 2 bridgehead atoms. The first-order valence-electron chi connectivity index (χ1n) is 8.55. The van der Waals surface area contributed by atoms with Crippen LogP contribution in [0.1, 0.15) is 31.0 Å². The van der Waals surface area contributed by atoms with E-state index in [9.17, 15) is 0 Å². The standard InChI is InChI=1S/C20H19BrN2O2/c1-19-11-20(12-19,13-25-19)17-9-23-8-15(21)16(7-18(23)22-17)24-10-14-5-3-2-4-6-14/h2-9H,10-13H2,1H3. The average Bonchev–Trinajstić information content (AvgIpc) is 3.24. The fraction of sp³-hybridized carbons (Fsp3) is 0.350. The van der Waals surface area contributed by atoms with Gasteiger partial charge >= 0.3 is 0 Å². The summed E-state index contributed by atoms with van der Waals surface area (Å²) in [7, 11) is 0. The molecule has 25 heavy (non-hydrogen) atoms. The lowest BCUT2D eigenvalue weighted by molar-refractivity contribution is 0.0154. The first-order chi connectivity index (χ1) is 12.1. The number of benzene rings is 1. The van der Waals surface area contributed by atoms with Crippen LogP contribution in [0.15, 0.2) is 53.3 Å². The van der Waals surface area contributed by atoms with E-state index in [1.165, 1.54) is 0 Å². The lowest BCUT2D eigenvalue weighted by atomic mass is 9.62. The molecule has 0 radical (unpaired) electrons. The molecule has 0 atom stereocenters. The van der Waals surface area contributed by atoms with Gasteiger partial charge in [0, 0.05) is 23.9 Å². The maximum atomic E-state index is 5.99. The number of rotatable bonds is 4. The second-order valence-corrected chi connectivity index (χ2v) is 8.38. The Bertz CT molecular complexity index is 945. The summed E-state index contributed by atoms with van der Waals surface area (Å²) in [5.41, 5.74) is 3.37. The SMILES string of the molecule is CC12CC(c3cn4cc(Br)c(OCc5ccccc5)cc4n3)(CO1)C2. The van der Waals surface area contributed by atoms with Crippen molar-refractivity contribution < 1.29 is 9.47 Å². The number of halogens is 1. The van der Waals surface area contributed by atoms with Gasteiger partial charge in [0.25, 0.3) is 0 Å². The largest absolute Gasteiger partial charge is 0.488 e. The molecule has 6 rings (SSSR count). The van der Waals surface area contributed by atoms with Crippen LogP contribution in [0.5, 0.6) is 5.75 Å². The monoisotopic (exact) mass is 398 g/mol. The van der Waals surface area contributed by atoms with Gasteiger partial charge in [0.15, 0.2) is 0 Å². The molecule has 5 heteroatoms. The van der Waals surface area contributed by atoms with Crippen LogP contribution in [0.25, 0.3) is 5.65 Å². The third-order valence-corrected chi connectivity index (χ3v) is 6.01. The number of hydrogen-bond donors (Lipinski definition) is 0. The van der Waals surface area contributed by atoms with E-state index in [-0.39, 0.29) is 11.0 Å². The third-order valence-electron chi connectivity index (χ3n) is 5.41. The Labute approximate surface area is 154 Å². The van der Waals surface area contributed by atoms with Crippen molar-refractivity contribution in [2.24, 2.45) is 0 Å². The van der Waals surface area contributed by atoms with Gasteiger partial charge in [-0.15, -0.1) is 0 Å². The van der Waals surface area contributed by atoms with E-state index >= 15 is 0 Å². The first-order valence-corrected chi connectivity index (χ1v) is 9.34. The van der Waals surface area contributed by atoms with Gasteiger partial charge in [-0.25, -0.2) is 4.98 Å². The lowest BCUT2D eigenvalue weighted by Crippen LogP contribution is -2.45. The van der Waals surface area contributed by atoms with E-state index in [1.807, 2.05) is 30.5 Å². The molecule has 2 aromatic heterocycles. The van der Waals surface area contributed by atoms with Crippen molar-refractivity contribution in [3.05, 3.63) is 64.5 Å². The van der Waals surface area contributed by atoms with Crippen molar-refractivity contribution >= 4 is 21.6 Å². The van der Waals surface area contributed by atoms with Crippen LogP contribution >= 0.6 is 15.9 Å². The van der Waals surface area contributed by atoms with Gasteiger partial charge in [-0.2, -0.15) is 0 Å². The molecule has 3 fully saturated rings. The van der Waals surface area contributed by atoms with Gasteiger partial charge in [-0.3, -0.25) is 0 Å². The van der Waals surface area contributed by atoms with Gasteiger partial charge in [0.05, 0.1) is 22.4 Å². The maximum absolute atomic E-state index is 5.99. The average molecular weight is 399 g/mol. The Kier molecular flexibility index (Phi) is 3.28.